The van der Waals surface area contributed by atoms with E-state index in [2.05, 4.69) is 5.32 Å². The molecule has 110 valence electrons. The second-order valence-electron chi connectivity index (χ2n) is 5.21. The maximum Gasteiger partial charge on any atom is 0.322 e. The minimum atomic E-state index is -0.112. The molecule has 1 fully saturated rings. The highest BCUT2D eigenvalue weighted by Gasteiger charge is 2.31. The molecule has 2 amide bonds. The number of nitrogens with one attached hydrogen (secondary N) is 1. The number of urea groups is 1. The highest BCUT2D eigenvalue weighted by molar-refractivity contribution is 6.31. The third-order valence-electron chi connectivity index (χ3n) is 3.89. The number of carbonyl (C=O) groups is 1. The fourth-order valence-electron chi connectivity index (χ4n) is 2.72. The van der Waals surface area contributed by atoms with Gasteiger partial charge >= 0.3 is 6.03 Å². The van der Waals surface area contributed by atoms with Gasteiger partial charge in [0, 0.05) is 17.3 Å². The zero-order valence-electron chi connectivity index (χ0n) is 11.8. The summed E-state index contributed by atoms with van der Waals surface area (Å²) in [6.45, 7) is 2.63. The number of likely N-dealkylation sites (tertiary alicyclic amines) is 1. The zero-order valence-corrected chi connectivity index (χ0v) is 12.6. The lowest BCUT2D eigenvalue weighted by atomic mass is 10.1. The van der Waals surface area contributed by atoms with Crippen LogP contribution in [0.3, 0.4) is 0 Å². The van der Waals surface area contributed by atoms with E-state index in [4.69, 9.17) is 16.0 Å². The Hall–Kier alpha value is -1.94. The van der Waals surface area contributed by atoms with Gasteiger partial charge in [0.25, 0.3) is 0 Å². The molecule has 1 saturated heterocycles. The Kier molecular flexibility index (Phi) is 3.88. The molecule has 0 saturated carbocycles. The number of hydrogen-bond acceptors (Lipinski definition) is 2. The number of carbonyl (C=O) groups excluding carboxylic acids is 1. The molecule has 0 unspecified atom stereocenters. The van der Waals surface area contributed by atoms with Crippen molar-refractivity contribution in [1.82, 2.24) is 4.90 Å². The number of nitrogens with zero attached hydrogens (tertiary/aromatic N) is 1. The molecule has 5 heteroatoms. The van der Waals surface area contributed by atoms with E-state index >= 15 is 0 Å². The highest BCUT2D eigenvalue weighted by atomic mass is 35.5. The smallest absolute Gasteiger partial charge is 0.322 e. The SMILES string of the molecule is Cc1c(Cl)cccc1NC(=O)N1CCC[C@@H]1c1ccco1. The Bertz CT molecular complexity index is 640. The van der Waals surface area contributed by atoms with Crippen molar-refractivity contribution in [2.45, 2.75) is 25.8 Å². The second-order valence-corrected chi connectivity index (χ2v) is 5.62. The molecule has 1 aromatic heterocycles. The van der Waals surface area contributed by atoms with Crippen LogP contribution in [0, 0.1) is 6.92 Å². The minimum absolute atomic E-state index is 0.0134. The van der Waals surface area contributed by atoms with Gasteiger partial charge in [0.05, 0.1) is 12.3 Å². The molecule has 2 heterocycles. The first-order chi connectivity index (χ1) is 10.2. The summed E-state index contributed by atoms with van der Waals surface area (Å²) in [4.78, 5) is 14.3. The number of furan rings is 1. The lowest BCUT2D eigenvalue weighted by molar-refractivity contribution is 0.200. The summed E-state index contributed by atoms with van der Waals surface area (Å²) in [5.74, 6) is 0.838. The standard InChI is InChI=1S/C16H17ClN2O2/c1-11-12(17)5-2-6-13(11)18-16(20)19-9-3-7-14(19)15-8-4-10-21-15/h2,4-6,8,10,14H,3,7,9H2,1H3,(H,18,20)/t14-/m1/s1. The van der Waals surface area contributed by atoms with Gasteiger partial charge in [-0.1, -0.05) is 17.7 Å². The van der Waals surface area contributed by atoms with Crippen molar-refractivity contribution in [3.63, 3.8) is 0 Å². The van der Waals surface area contributed by atoms with Gasteiger partial charge in [-0.15, -0.1) is 0 Å². The van der Waals surface area contributed by atoms with Gasteiger partial charge in [0.15, 0.2) is 0 Å². The first-order valence-electron chi connectivity index (χ1n) is 7.03. The van der Waals surface area contributed by atoms with Crippen molar-refractivity contribution in [2.75, 3.05) is 11.9 Å². The van der Waals surface area contributed by atoms with Gasteiger partial charge in [-0.05, 0) is 49.6 Å². The van der Waals surface area contributed by atoms with E-state index in [-0.39, 0.29) is 12.1 Å². The number of rotatable bonds is 2. The van der Waals surface area contributed by atoms with Crippen LogP contribution in [0.15, 0.2) is 41.0 Å². The molecular formula is C16H17ClN2O2. The lowest BCUT2D eigenvalue weighted by Gasteiger charge is -2.24. The molecule has 1 atom stereocenters. The van der Waals surface area contributed by atoms with Crippen molar-refractivity contribution < 1.29 is 9.21 Å². The van der Waals surface area contributed by atoms with Gasteiger partial charge in [-0.2, -0.15) is 0 Å². The maximum atomic E-state index is 12.5. The largest absolute Gasteiger partial charge is 0.467 e. The molecule has 4 nitrogen and oxygen atoms in total. The summed E-state index contributed by atoms with van der Waals surface area (Å²) in [6, 6.07) is 9.18. The predicted octanol–water partition coefficient (Wildman–Crippen LogP) is 4.61. The van der Waals surface area contributed by atoms with Gasteiger partial charge in [-0.3, -0.25) is 0 Å². The van der Waals surface area contributed by atoms with Crippen LogP contribution in [-0.2, 0) is 0 Å². The Morgan fingerprint density at radius 3 is 3.00 bits per heavy atom. The average Bonchev–Trinajstić information content (AvgIpc) is 3.13. The molecule has 1 aliphatic rings. The first kappa shape index (κ1) is 14.0. The van der Waals surface area contributed by atoms with Crippen LogP contribution in [0.1, 0.15) is 30.2 Å². The Labute approximate surface area is 128 Å². The molecular weight excluding hydrogens is 288 g/mol. The fourth-order valence-corrected chi connectivity index (χ4v) is 2.89. The molecule has 21 heavy (non-hydrogen) atoms. The molecule has 1 aromatic carbocycles. The fraction of sp³-hybridized carbons (Fsp3) is 0.312. The van der Waals surface area contributed by atoms with Gasteiger partial charge in [0.1, 0.15) is 5.76 Å². The van der Waals surface area contributed by atoms with Crippen LogP contribution in [0.4, 0.5) is 10.5 Å². The molecule has 3 rings (SSSR count). The molecule has 0 aliphatic carbocycles. The summed E-state index contributed by atoms with van der Waals surface area (Å²) >= 11 is 6.09. The van der Waals surface area contributed by atoms with Crippen LogP contribution in [-0.4, -0.2) is 17.5 Å². The van der Waals surface area contributed by atoms with Crippen LogP contribution in [0.25, 0.3) is 0 Å². The Balaban J connectivity index is 1.77. The van der Waals surface area contributed by atoms with Crippen molar-refractivity contribution in [3.05, 3.63) is 52.9 Å². The molecule has 2 aromatic rings. The lowest BCUT2D eigenvalue weighted by Crippen LogP contribution is -2.34. The normalized spacial score (nSPS) is 18.0. The second kappa shape index (κ2) is 5.82. The van der Waals surface area contributed by atoms with E-state index in [9.17, 15) is 4.79 Å². The predicted molar refractivity (Wildman–Crippen MR) is 82.6 cm³/mol. The van der Waals surface area contributed by atoms with Crippen LogP contribution in [0.2, 0.25) is 5.02 Å². The van der Waals surface area contributed by atoms with E-state index in [1.807, 2.05) is 42.2 Å². The van der Waals surface area contributed by atoms with E-state index in [0.717, 1.165) is 36.4 Å². The zero-order chi connectivity index (χ0) is 14.8. The third-order valence-corrected chi connectivity index (χ3v) is 4.30. The summed E-state index contributed by atoms with van der Waals surface area (Å²) in [6.07, 6.45) is 3.55. The number of hydrogen-bond donors (Lipinski definition) is 1. The van der Waals surface area contributed by atoms with E-state index in [0.29, 0.717) is 5.02 Å². The summed E-state index contributed by atoms with van der Waals surface area (Å²) in [7, 11) is 0. The van der Waals surface area contributed by atoms with Gasteiger partial charge in [-0.25, -0.2) is 4.79 Å². The van der Waals surface area contributed by atoms with Crippen molar-refractivity contribution in [3.8, 4) is 0 Å². The summed E-state index contributed by atoms with van der Waals surface area (Å²) in [5.41, 5.74) is 1.62. The van der Waals surface area contributed by atoms with E-state index in [1.54, 1.807) is 6.26 Å². The van der Waals surface area contributed by atoms with Crippen LogP contribution in [0.5, 0.6) is 0 Å². The van der Waals surface area contributed by atoms with Crippen molar-refractivity contribution in [1.29, 1.82) is 0 Å². The van der Waals surface area contributed by atoms with Crippen LogP contribution < -0.4 is 5.32 Å². The quantitative estimate of drug-likeness (QED) is 0.880. The van der Waals surface area contributed by atoms with E-state index < -0.39 is 0 Å². The highest BCUT2D eigenvalue weighted by Crippen LogP contribution is 2.33. The third kappa shape index (κ3) is 2.76. The van der Waals surface area contributed by atoms with Crippen LogP contribution >= 0.6 is 11.6 Å². The number of halogens is 1. The Morgan fingerprint density at radius 2 is 2.24 bits per heavy atom. The molecule has 1 N–H and O–H groups in total. The maximum absolute atomic E-state index is 12.5. The minimum Gasteiger partial charge on any atom is -0.467 e. The summed E-state index contributed by atoms with van der Waals surface area (Å²) < 4.78 is 5.45. The van der Waals surface area contributed by atoms with Crippen molar-refractivity contribution in [2.24, 2.45) is 0 Å². The molecule has 1 aliphatic heterocycles. The first-order valence-corrected chi connectivity index (χ1v) is 7.41. The molecule has 0 spiro atoms. The van der Waals surface area contributed by atoms with E-state index in [1.165, 1.54) is 0 Å². The van der Waals surface area contributed by atoms with Gasteiger partial charge < -0.3 is 14.6 Å². The molecule has 0 bridgehead atoms. The number of benzene rings is 1. The number of amides is 2. The summed E-state index contributed by atoms with van der Waals surface area (Å²) in [5, 5.41) is 3.60. The Morgan fingerprint density at radius 1 is 1.38 bits per heavy atom. The monoisotopic (exact) mass is 304 g/mol. The molecule has 0 radical (unpaired) electrons. The number of anilines is 1. The van der Waals surface area contributed by atoms with Gasteiger partial charge in [0.2, 0.25) is 0 Å². The topological polar surface area (TPSA) is 45.5 Å². The van der Waals surface area contributed by atoms with Crippen molar-refractivity contribution >= 4 is 23.3 Å². The average molecular weight is 305 g/mol.